The van der Waals surface area contributed by atoms with Crippen molar-refractivity contribution >= 4 is 11.5 Å². The fourth-order valence-electron chi connectivity index (χ4n) is 1.90. The van der Waals surface area contributed by atoms with Crippen LogP contribution in [0.2, 0.25) is 0 Å². The number of nitrogens with two attached hydrogens (primary N) is 1. The highest BCUT2D eigenvalue weighted by Crippen LogP contribution is 2.27. The van der Waals surface area contributed by atoms with Crippen LogP contribution in [0.15, 0.2) is 30.6 Å². The molecule has 0 spiro atoms. The molecule has 0 saturated carbocycles. The molecule has 1 heterocycles. The lowest BCUT2D eigenvalue weighted by Gasteiger charge is -2.15. The lowest BCUT2D eigenvalue weighted by molar-refractivity contribution is 0.394. The number of nitrogens with zero attached hydrogens (tertiary/aromatic N) is 2. The van der Waals surface area contributed by atoms with E-state index in [1.807, 2.05) is 38.1 Å². The Balaban J connectivity index is 2.37. The molecule has 100 valence electrons. The van der Waals surface area contributed by atoms with Crippen molar-refractivity contribution in [2.45, 2.75) is 19.9 Å². The minimum atomic E-state index is -0.0484. The summed E-state index contributed by atoms with van der Waals surface area (Å²) in [6.07, 6.45) is 1.47. The van der Waals surface area contributed by atoms with Crippen LogP contribution >= 0.6 is 0 Å². The maximum Gasteiger partial charge on any atom is 0.221 e. The van der Waals surface area contributed by atoms with Crippen molar-refractivity contribution in [1.29, 1.82) is 0 Å². The number of methoxy groups -OCH3 is 1. The van der Waals surface area contributed by atoms with E-state index in [4.69, 9.17) is 10.5 Å². The largest absolute Gasteiger partial charge is 0.481 e. The summed E-state index contributed by atoms with van der Waals surface area (Å²) in [6, 6.07) is 7.86. The highest BCUT2D eigenvalue weighted by atomic mass is 16.5. The van der Waals surface area contributed by atoms with E-state index in [0.717, 1.165) is 22.6 Å². The first-order valence-electron chi connectivity index (χ1n) is 6.10. The molecule has 0 saturated heterocycles. The Bertz CT molecular complexity index is 569. The second-order valence-corrected chi connectivity index (χ2v) is 4.36. The molecule has 0 radical (unpaired) electrons. The van der Waals surface area contributed by atoms with Crippen LogP contribution in [-0.4, -0.2) is 17.1 Å². The summed E-state index contributed by atoms with van der Waals surface area (Å²) >= 11 is 0. The first-order valence-corrected chi connectivity index (χ1v) is 6.10. The fourth-order valence-corrected chi connectivity index (χ4v) is 1.90. The van der Waals surface area contributed by atoms with Gasteiger partial charge in [0.25, 0.3) is 0 Å². The van der Waals surface area contributed by atoms with Gasteiger partial charge in [-0.15, -0.1) is 0 Å². The van der Waals surface area contributed by atoms with Crippen LogP contribution in [0, 0.1) is 6.92 Å². The van der Waals surface area contributed by atoms with Gasteiger partial charge in [0.2, 0.25) is 5.88 Å². The monoisotopic (exact) mass is 258 g/mol. The van der Waals surface area contributed by atoms with Gasteiger partial charge in [-0.3, -0.25) is 0 Å². The number of aromatic nitrogens is 2. The van der Waals surface area contributed by atoms with Crippen molar-refractivity contribution in [3.05, 3.63) is 41.7 Å². The number of hydrogen-bond donors (Lipinski definition) is 2. The molecule has 2 aromatic rings. The molecule has 1 unspecified atom stereocenters. The van der Waals surface area contributed by atoms with Crippen molar-refractivity contribution in [3.8, 4) is 5.88 Å². The van der Waals surface area contributed by atoms with E-state index >= 15 is 0 Å². The lowest BCUT2D eigenvalue weighted by atomic mass is 10.1. The fraction of sp³-hybridized carbons (Fsp3) is 0.286. The Morgan fingerprint density at radius 3 is 2.68 bits per heavy atom. The molecule has 1 aromatic carbocycles. The minimum absolute atomic E-state index is 0.0484. The van der Waals surface area contributed by atoms with Gasteiger partial charge in [-0.05, 0) is 25.5 Å². The van der Waals surface area contributed by atoms with Gasteiger partial charge >= 0.3 is 0 Å². The van der Waals surface area contributed by atoms with E-state index < -0.39 is 0 Å². The Morgan fingerprint density at radius 1 is 1.26 bits per heavy atom. The van der Waals surface area contributed by atoms with Crippen molar-refractivity contribution in [2.75, 3.05) is 12.4 Å². The average molecular weight is 258 g/mol. The van der Waals surface area contributed by atoms with E-state index in [-0.39, 0.29) is 6.04 Å². The SMILES string of the molecule is COc1ncnc(Nc2ccccc2C(C)N)c1C. The Hall–Kier alpha value is -2.14. The molecular formula is C14H18N4O. The third kappa shape index (κ3) is 2.82. The second-order valence-electron chi connectivity index (χ2n) is 4.36. The van der Waals surface area contributed by atoms with Gasteiger partial charge in [-0.25, -0.2) is 9.97 Å². The predicted molar refractivity (Wildman–Crippen MR) is 75.6 cm³/mol. The minimum Gasteiger partial charge on any atom is -0.481 e. The molecule has 2 rings (SSSR count). The van der Waals surface area contributed by atoms with Crippen molar-refractivity contribution in [3.63, 3.8) is 0 Å². The molecule has 5 heteroatoms. The first-order chi connectivity index (χ1) is 9.13. The molecule has 5 nitrogen and oxygen atoms in total. The number of anilines is 2. The maximum atomic E-state index is 5.96. The Labute approximate surface area is 112 Å². The van der Waals surface area contributed by atoms with Gasteiger partial charge in [0.1, 0.15) is 12.1 Å². The molecule has 0 fully saturated rings. The summed E-state index contributed by atoms with van der Waals surface area (Å²) in [5, 5.41) is 3.29. The number of hydrogen-bond acceptors (Lipinski definition) is 5. The van der Waals surface area contributed by atoms with Gasteiger partial charge in [-0.1, -0.05) is 18.2 Å². The van der Waals surface area contributed by atoms with Crippen molar-refractivity contribution < 1.29 is 4.74 Å². The zero-order valence-electron chi connectivity index (χ0n) is 11.3. The number of benzene rings is 1. The third-order valence-corrected chi connectivity index (χ3v) is 2.94. The van der Waals surface area contributed by atoms with Crippen molar-refractivity contribution in [2.24, 2.45) is 5.73 Å². The van der Waals surface area contributed by atoms with Gasteiger partial charge < -0.3 is 15.8 Å². The molecule has 0 aliphatic carbocycles. The molecule has 1 aromatic heterocycles. The summed E-state index contributed by atoms with van der Waals surface area (Å²) in [6.45, 7) is 3.86. The van der Waals surface area contributed by atoms with Crippen LogP contribution < -0.4 is 15.8 Å². The summed E-state index contributed by atoms with van der Waals surface area (Å²) in [7, 11) is 1.59. The van der Waals surface area contributed by atoms with Crippen LogP contribution in [0.3, 0.4) is 0 Å². The average Bonchev–Trinajstić information content (AvgIpc) is 2.41. The van der Waals surface area contributed by atoms with E-state index in [2.05, 4.69) is 15.3 Å². The summed E-state index contributed by atoms with van der Waals surface area (Å²) in [4.78, 5) is 8.30. The van der Waals surface area contributed by atoms with E-state index in [0.29, 0.717) is 5.88 Å². The maximum absolute atomic E-state index is 5.96. The van der Waals surface area contributed by atoms with E-state index in [1.165, 1.54) is 6.33 Å². The van der Waals surface area contributed by atoms with Gasteiger partial charge in [-0.2, -0.15) is 0 Å². The van der Waals surface area contributed by atoms with Gasteiger partial charge in [0, 0.05) is 11.7 Å². The van der Waals surface area contributed by atoms with E-state index in [9.17, 15) is 0 Å². The van der Waals surface area contributed by atoms with E-state index in [1.54, 1.807) is 7.11 Å². The normalized spacial score (nSPS) is 12.0. The van der Waals surface area contributed by atoms with Crippen LogP contribution in [0.1, 0.15) is 24.1 Å². The first kappa shape index (κ1) is 13.3. The highest BCUT2D eigenvalue weighted by molar-refractivity contribution is 5.64. The molecule has 3 N–H and O–H groups in total. The second kappa shape index (κ2) is 5.67. The summed E-state index contributed by atoms with van der Waals surface area (Å²) in [5.41, 5.74) is 8.82. The molecule has 0 bridgehead atoms. The molecular weight excluding hydrogens is 240 g/mol. The Kier molecular flexibility index (Phi) is 3.97. The van der Waals surface area contributed by atoms with Gasteiger partial charge in [0.05, 0.1) is 12.7 Å². The molecule has 1 atom stereocenters. The smallest absolute Gasteiger partial charge is 0.221 e. The quantitative estimate of drug-likeness (QED) is 0.881. The van der Waals surface area contributed by atoms with Crippen molar-refractivity contribution in [1.82, 2.24) is 9.97 Å². The third-order valence-electron chi connectivity index (χ3n) is 2.94. The number of para-hydroxylation sites is 1. The van der Waals surface area contributed by atoms with Crippen LogP contribution in [-0.2, 0) is 0 Å². The zero-order chi connectivity index (χ0) is 13.8. The number of nitrogens with one attached hydrogen (secondary N) is 1. The molecule has 0 amide bonds. The molecule has 0 aliphatic rings. The van der Waals surface area contributed by atoms with Crippen LogP contribution in [0.4, 0.5) is 11.5 Å². The molecule has 19 heavy (non-hydrogen) atoms. The number of rotatable bonds is 4. The Morgan fingerprint density at radius 2 is 2.00 bits per heavy atom. The van der Waals surface area contributed by atoms with Crippen LogP contribution in [0.25, 0.3) is 0 Å². The standard InChI is InChI=1S/C14H18N4O/c1-9-13(16-8-17-14(9)19-3)18-12-7-5-4-6-11(12)10(2)15/h4-8,10H,15H2,1-3H3,(H,16,17,18). The summed E-state index contributed by atoms with van der Waals surface area (Å²) in [5.74, 6) is 1.29. The lowest BCUT2D eigenvalue weighted by Crippen LogP contribution is -2.09. The topological polar surface area (TPSA) is 73.1 Å². The zero-order valence-corrected chi connectivity index (χ0v) is 11.3. The predicted octanol–water partition coefficient (Wildman–Crippen LogP) is 2.56. The van der Waals surface area contributed by atoms with Crippen LogP contribution in [0.5, 0.6) is 5.88 Å². The summed E-state index contributed by atoms with van der Waals surface area (Å²) < 4.78 is 5.19. The molecule has 0 aliphatic heterocycles. The number of ether oxygens (including phenoxy) is 1. The highest BCUT2D eigenvalue weighted by Gasteiger charge is 2.10. The van der Waals surface area contributed by atoms with Gasteiger partial charge in [0.15, 0.2) is 0 Å².